The van der Waals surface area contributed by atoms with Gasteiger partial charge in [0.05, 0.1) is 6.42 Å². The Morgan fingerprint density at radius 1 is 0.696 bits per heavy atom. The van der Waals surface area contributed by atoms with Crippen LogP contribution in [0.25, 0.3) is 12.2 Å². The number of allylic oxidation sites excluding steroid dienone is 2. The summed E-state index contributed by atoms with van der Waals surface area (Å²) in [5.74, 6) is -0.275. The monoisotopic (exact) mass is 308 g/mol. The minimum atomic E-state index is -0.293. The molecule has 0 saturated carbocycles. The highest BCUT2D eigenvalue weighted by Gasteiger charge is 2.03. The summed E-state index contributed by atoms with van der Waals surface area (Å²) in [4.78, 5) is 23.5. The molecule has 0 aromatic heterocycles. The van der Waals surface area contributed by atoms with Crippen molar-refractivity contribution >= 4 is 23.7 Å². The molecule has 0 heterocycles. The van der Waals surface area contributed by atoms with Crippen LogP contribution < -0.4 is 0 Å². The van der Waals surface area contributed by atoms with Gasteiger partial charge in [0.25, 0.3) is 0 Å². The fourth-order valence-corrected chi connectivity index (χ4v) is 1.84. The fraction of sp³-hybridized carbons (Fsp3) is 0.0526. The number of ketones is 2. The van der Waals surface area contributed by atoms with Crippen LogP contribution in [-0.2, 0) is 9.59 Å². The molecule has 23 heavy (non-hydrogen) atoms. The second-order valence-electron chi connectivity index (χ2n) is 4.96. The zero-order valence-electron chi connectivity index (χ0n) is 12.3. The predicted molar refractivity (Wildman–Crippen MR) is 88.9 cm³/mol. The Morgan fingerprint density at radius 3 is 1.39 bits per heavy atom. The van der Waals surface area contributed by atoms with Gasteiger partial charge in [0, 0.05) is 0 Å². The largest absolute Gasteiger partial charge is 0.508 e. The van der Waals surface area contributed by atoms with Gasteiger partial charge in [-0.1, -0.05) is 36.4 Å². The number of rotatable bonds is 6. The van der Waals surface area contributed by atoms with Crippen molar-refractivity contribution in [3.8, 4) is 11.5 Å². The smallest absolute Gasteiger partial charge is 0.163 e. The molecule has 2 aromatic rings. The van der Waals surface area contributed by atoms with E-state index in [1.165, 1.54) is 36.4 Å². The van der Waals surface area contributed by atoms with Crippen LogP contribution in [0.2, 0.25) is 0 Å². The molecule has 4 heteroatoms. The molecule has 0 bridgehead atoms. The Kier molecular flexibility index (Phi) is 5.47. The van der Waals surface area contributed by atoms with Crippen LogP contribution in [0.15, 0.2) is 60.7 Å². The summed E-state index contributed by atoms with van der Waals surface area (Å²) < 4.78 is 0. The number of aromatic hydroxyl groups is 2. The quantitative estimate of drug-likeness (QED) is 0.634. The number of phenolic OH excluding ortho intramolecular Hbond substituents is 2. The van der Waals surface area contributed by atoms with E-state index in [0.717, 1.165) is 11.1 Å². The maximum Gasteiger partial charge on any atom is 0.163 e. The van der Waals surface area contributed by atoms with E-state index in [1.807, 2.05) is 0 Å². The summed E-state index contributed by atoms with van der Waals surface area (Å²) in [6.07, 6.45) is 5.68. The molecule has 0 aliphatic heterocycles. The fourth-order valence-electron chi connectivity index (χ4n) is 1.84. The zero-order valence-corrected chi connectivity index (χ0v) is 12.3. The van der Waals surface area contributed by atoms with Crippen molar-refractivity contribution in [3.63, 3.8) is 0 Å². The first kappa shape index (κ1) is 16.2. The minimum Gasteiger partial charge on any atom is -0.508 e. The molecule has 0 unspecified atom stereocenters. The second-order valence-corrected chi connectivity index (χ2v) is 4.96. The third-order valence-electron chi connectivity index (χ3n) is 3.06. The lowest BCUT2D eigenvalue weighted by molar-refractivity contribution is -0.121. The Hall–Kier alpha value is -3.14. The first-order valence-electron chi connectivity index (χ1n) is 7.03. The normalized spacial score (nSPS) is 11.1. The second kappa shape index (κ2) is 7.75. The highest BCUT2D eigenvalue weighted by atomic mass is 16.3. The number of phenols is 2. The highest BCUT2D eigenvalue weighted by molar-refractivity contribution is 6.10. The molecule has 116 valence electrons. The lowest BCUT2D eigenvalue weighted by atomic mass is 10.1. The van der Waals surface area contributed by atoms with Gasteiger partial charge in [0.2, 0.25) is 0 Å². The summed E-state index contributed by atoms with van der Waals surface area (Å²) >= 11 is 0. The van der Waals surface area contributed by atoms with Gasteiger partial charge in [0.1, 0.15) is 11.5 Å². The van der Waals surface area contributed by atoms with Gasteiger partial charge in [-0.05, 0) is 47.5 Å². The molecule has 4 nitrogen and oxygen atoms in total. The maximum absolute atomic E-state index is 11.7. The zero-order chi connectivity index (χ0) is 16.7. The van der Waals surface area contributed by atoms with Crippen molar-refractivity contribution in [2.75, 3.05) is 0 Å². The van der Waals surface area contributed by atoms with Gasteiger partial charge in [-0.25, -0.2) is 0 Å². The molecule has 0 radical (unpaired) electrons. The maximum atomic E-state index is 11.7. The summed E-state index contributed by atoms with van der Waals surface area (Å²) in [5.41, 5.74) is 1.53. The van der Waals surface area contributed by atoms with Crippen LogP contribution in [0.4, 0.5) is 0 Å². The number of hydrogen-bond acceptors (Lipinski definition) is 4. The summed E-state index contributed by atoms with van der Waals surface area (Å²) in [6, 6.07) is 12.8. The predicted octanol–water partition coefficient (Wildman–Crippen LogP) is 3.35. The van der Waals surface area contributed by atoms with Crippen molar-refractivity contribution in [2.45, 2.75) is 6.42 Å². The van der Waals surface area contributed by atoms with Gasteiger partial charge >= 0.3 is 0 Å². The first-order valence-corrected chi connectivity index (χ1v) is 7.03. The van der Waals surface area contributed by atoms with E-state index in [1.54, 1.807) is 36.4 Å². The summed E-state index contributed by atoms with van der Waals surface area (Å²) in [7, 11) is 0. The van der Waals surface area contributed by atoms with Gasteiger partial charge in [-0.15, -0.1) is 0 Å². The lowest BCUT2D eigenvalue weighted by Gasteiger charge is -1.95. The molecule has 0 aliphatic carbocycles. The van der Waals surface area contributed by atoms with Crippen LogP contribution in [0, 0.1) is 0 Å². The van der Waals surface area contributed by atoms with E-state index in [2.05, 4.69) is 0 Å². The molecular weight excluding hydrogens is 292 g/mol. The topological polar surface area (TPSA) is 74.6 Å². The van der Waals surface area contributed by atoms with Crippen molar-refractivity contribution in [2.24, 2.45) is 0 Å². The third-order valence-corrected chi connectivity index (χ3v) is 3.06. The van der Waals surface area contributed by atoms with Crippen molar-refractivity contribution in [3.05, 3.63) is 71.8 Å². The van der Waals surface area contributed by atoms with Crippen molar-refractivity contribution in [1.29, 1.82) is 0 Å². The van der Waals surface area contributed by atoms with E-state index >= 15 is 0 Å². The van der Waals surface area contributed by atoms with Crippen LogP contribution in [0.5, 0.6) is 11.5 Å². The standard InChI is InChI=1S/C19H16O4/c20-16-7-1-14(2-8-16)5-11-18(22)13-19(23)12-6-15-3-9-17(21)10-4-15/h1-12,20-21H,13H2/b11-5+,12-6+. The Bertz CT molecular complexity index is 672. The number of benzene rings is 2. The van der Waals surface area contributed by atoms with E-state index in [9.17, 15) is 9.59 Å². The first-order chi connectivity index (χ1) is 11.0. The Balaban J connectivity index is 1.88. The Morgan fingerprint density at radius 2 is 1.04 bits per heavy atom. The van der Waals surface area contributed by atoms with Crippen LogP contribution >= 0.6 is 0 Å². The van der Waals surface area contributed by atoms with Crippen LogP contribution in [0.3, 0.4) is 0 Å². The van der Waals surface area contributed by atoms with Crippen molar-refractivity contribution in [1.82, 2.24) is 0 Å². The molecule has 2 N–H and O–H groups in total. The van der Waals surface area contributed by atoms with E-state index in [4.69, 9.17) is 10.2 Å². The molecule has 2 aromatic carbocycles. The average molecular weight is 308 g/mol. The summed E-state index contributed by atoms with van der Waals surface area (Å²) in [6.45, 7) is 0. The SMILES string of the molecule is O=C(/C=C/c1ccc(O)cc1)CC(=O)/C=C/c1ccc(O)cc1. The van der Waals surface area contributed by atoms with Crippen LogP contribution in [-0.4, -0.2) is 21.8 Å². The number of carbonyl (C=O) groups is 2. The third kappa shape index (κ3) is 5.63. The van der Waals surface area contributed by atoms with Crippen LogP contribution in [0.1, 0.15) is 17.5 Å². The Labute approximate surface area is 134 Å². The van der Waals surface area contributed by atoms with E-state index in [-0.39, 0.29) is 29.5 Å². The van der Waals surface area contributed by atoms with Gasteiger partial charge < -0.3 is 10.2 Å². The van der Waals surface area contributed by atoms with Gasteiger partial charge in [-0.3, -0.25) is 9.59 Å². The highest BCUT2D eigenvalue weighted by Crippen LogP contribution is 2.12. The molecule has 0 fully saturated rings. The van der Waals surface area contributed by atoms with Gasteiger partial charge in [0.15, 0.2) is 11.6 Å². The molecule has 0 spiro atoms. The van der Waals surface area contributed by atoms with Crippen molar-refractivity contribution < 1.29 is 19.8 Å². The molecule has 0 amide bonds. The average Bonchev–Trinajstić information content (AvgIpc) is 2.54. The number of hydrogen-bond donors (Lipinski definition) is 2. The molecular formula is C19H16O4. The molecule has 2 rings (SSSR count). The van der Waals surface area contributed by atoms with Gasteiger partial charge in [-0.2, -0.15) is 0 Å². The molecule has 0 atom stereocenters. The minimum absolute atomic E-state index is 0.156. The van der Waals surface area contributed by atoms with E-state index < -0.39 is 0 Å². The summed E-state index contributed by atoms with van der Waals surface area (Å²) in [5, 5.41) is 18.3. The molecule has 0 saturated heterocycles. The van der Waals surface area contributed by atoms with E-state index in [0.29, 0.717) is 0 Å². The lowest BCUT2D eigenvalue weighted by Crippen LogP contribution is -2.01. The molecule has 0 aliphatic rings. The number of carbonyl (C=O) groups excluding carboxylic acids is 2.